The Morgan fingerprint density at radius 3 is 2.97 bits per heavy atom. The van der Waals surface area contributed by atoms with Gasteiger partial charge >= 0.3 is 0 Å². The highest BCUT2D eigenvalue weighted by Gasteiger charge is 2.22. The Kier molecular flexibility index (Phi) is 4.68. The van der Waals surface area contributed by atoms with Crippen molar-refractivity contribution in [3.63, 3.8) is 0 Å². The number of benzene rings is 1. The Morgan fingerprint density at radius 2 is 2.17 bits per heavy atom. The van der Waals surface area contributed by atoms with E-state index in [9.17, 15) is 4.79 Å². The number of nitrogens with zero attached hydrogens (tertiary/aromatic N) is 5. The van der Waals surface area contributed by atoms with Crippen LogP contribution in [-0.2, 0) is 19.5 Å². The average Bonchev–Trinajstić information content (AvgIpc) is 3.41. The quantitative estimate of drug-likeness (QED) is 0.516. The fourth-order valence-electron chi connectivity index (χ4n) is 3.79. The number of amides is 1. The molecule has 0 fully saturated rings. The van der Waals surface area contributed by atoms with Crippen LogP contribution in [0.15, 0.2) is 41.9 Å². The number of carbonyl (C=O) groups excluding carboxylic acids is 1. The van der Waals surface area contributed by atoms with Crippen molar-refractivity contribution < 1.29 is 4.79 Å². The van der Waals surface area contributed by atoms with E-state index in [4.69, 9.17) is 15.7 Å². The van der Waals surface area contributed by atoms with E-state index in [0.717, 1.165) is 42.1 Å². The van der Waals surface area contributed by atoms with Crippen LogP contribution in [0.5, 0.6) is 0 Å². The van der Waals surface area contributed by atoms with E-state index in [-0.39, 0.29) is 0 Å². The van der Waals surface area contributed by atoms with Gasteiger partial charge in [-0.3, -0.25) is 4.79 Å². The molecule has 4 aromatic rings. The van der Waals surface area contributed by atoms with Gasteiger partial charge in [0, 0.05) is 35.3 Å². The summed E-state index contributed by atoms with van der Waals surface area (Å²) in [6.45, 7) is 2.45. The molecule has 0 radical (unpaired) electrons. The lowest BCUT2D eigenvalue weighted by molar-refractivity contribution is 0.100. The van der Waals surface area contributed by atoms with Gasteiger partial charge in [0.25, 0.3) is 5.95 Å². The molecule has 5 rings (SSSR count). The molecule has 0 spiro atoms. The van der Waals surface area contributed by atoms with Crippen LogP contribution in [0, 0.1) is 0 Å². The Hall–Kier alpha value is -3.30. The van der Waals surface area contributed by atoms with Crippen molar-refractivity contribution in [2.24, 2.45) is 5.73 Å². The van der Waals surface area contributed by atoms with Crippen molar-refractivity contribution in [2.75, 3.05) is 18.9 Å². The molecular weight excluding hydrogens is 398 g/mol. The second kappa shape index (κ2) is 7.51. The summed E-state index contributed by atoms with van der Waals surface area (Å²) < 4.78 is 1.68. The van der Waals surface area contributed by atoms with E-state index in [2.05, 4.69) is 33.8 Å². The number of hydrogen-bond acceptors (Lipinski definition) is 7. The number of nitrogens with one attached hydrogen (secondary N) is 1. The summed E-state index contributed by atoms with van der Waals surface area (Å²) in [5, 5.41) is 10.7. The highest BCUT2D eigenvalue weighted by Crippen LogP contribution is 2.27. The van der Waals surface area contributed by atoms with Crippen LogP contribution in [0.2, 0.25) is 0 Å². The first-order valence-corrected chi connectivity index (χ1v) is 10.6. The van der Waals surface area contributed by atoms with E-state index in [1.165, 1.54) is 4.88 Å². The number of likely N-dealkylation sites (N-methyl/N-ethyl adjacent to an activating group) is 1. The predicted molar refractivity (Wildman–Crippen MR) is 117 cm³/mol. The normalized spacial score (nSPS) is 14.0. The molecule has 1 amide bonds. The molecule has 1 aliphatic rings. The third kappa shape index (κ3) is 3.31. The Bertz CT molecular complexity index is 1230. The number of thiophene rings is 1. The maximum Gasteiger partial charge on any atom is 0.253 e. The number of carbonyl (C=O) groups is 1. The van der Waals surface area contributed by atoms with Crippen molar-refractivity contribution in [3.05, 3.63) is 63.6 Å². The summed E-state index contributed by atoms with van der Waals surface area (Å²) in [7, 11) is 2.10. The van der Waals surface area contributed by atoms with Gasteiger partial charge in [-0.1, -0.05) is 12.1 Å². The van der Waals surface area contributed by atoms with E-state index in [0.29, 0.717) is 23.4 Å². The van der Waals surface area contributed by atoms with Gasteiger partial charge in [-0.25, -0.2) is 4.98 Å². The summed E-state index contributed by atoms with van der Waals surface area (Å²) in [6.07, 6.45) is 2.49. The topological polar surface area (TPSA) is 102 Å². The molecule has 0 saturated heterocycles. The van der Waals surface area contributed by atoms with Crippen LogP contribution >= 0.6 is 11.3 Å². The molecule has 0 unspecified atom stereocenters. The van der Waals surface area contributed by atoms with Crippen molar-refractivity contribution >= 4 is 34.0 Å². The minimum atomic E-state index is -0.479. The van der Waals surface area contributed by atoms with Crippen molar-refractivity contribution in [3.8, 4) is 5.95 Å². The Morgan fingerprint density at radius 1 is 1.27 bits per heavy atom. The van der Waals surface area contributed by atoms with E-state index >= 15 is 0 Å². The number of fused-ring (bicyclic) bond motifs is 2. The highest BCUT2D eigenvalue weighted by molar-refractivity contribution is 7.09. The maximum absolute atomic E-state index is 11.8. The Balaban J connectivity index is 1.60. The third-order valence-corrected chi connectivity index (χ3v) is 6.19. The largest absolute Gasteiger partial charge is 0.366 e. The number of primary amides is 1. The van der Waals surface area contributed by atoms with Gasteiger partial charge in [0.1, 0.15) is 5.82 Å². The van der Waals surface area contributed by atoms with Gasteiger partial charge < -0.3 is 16.0 Å². The number of nitrogens with two attached hydrogens (primary N) is 1. The lowest BCUT2D eigenvalue weighted by atomic mass is 10.1. The summed E-state index contributed by atoms with van der Waals surface area (Å²) in [5.74, 6) is 0.834. The van der Waals surface area contributed by atoms with Gasteiger partial charge in [0.15, 0.2) is 0 Å². The molecule has 152 valence electrons. The van der Waals surface area contributed by atoms with Crippen LogP contribution in [0.1, 0.15) is 26.5 Å². The highest BCUT2D eigenvalue weighted by atomic mass is 32.1. The second-order valence-electron chi connectivity index (χ2n) is 7.38. The van der Waals surface area contributed by atoms with E-state index in [1.807, 2.05) is 12.1 Å². The van der Waals surface area contributed by atoms with Crippen LogP contribution < -0.4 is 11.1 Å². The zero-order chi connectivity index (χ0) is 20.7. The molecule has 1 aliphatic heterocycles. The van der Waals surface area contributed by atoms with Gasteiger partial charge in [-0.2, -0.15) is 14.8 Å². The molecule has 30 heavy (non-hydrogen) atoms. The molecule has 1 aromatic carbocycles. The number of aromatic nitrogens is 4. The van der Waals surface area contributed by atoms with Gasteiger partial charge in [0.2, 0.25) is 5.91 Å². The minimum Gasteiger partial charge on any atom is -0.366 e. The Labute approximate surface area is 177 Å². The molecule has 0 atom stereocenters. The molecule has 3 N–H and O–H groups in total. The lowest BCUT2D eigenvalue weighted by Gasteiger charge is -2.26. The minimum absolute atomic E-state index is 0.439. The first kappa shape index (κ1) is 18.7. The molecule has 8 nitrogen and oxygen atoms in total. The van der Waals surface area contributed by atoms with E-state index in [1.54, 1.807) is 34.3 Å². The molecule has 4 heterocycles. The molecular formula is C21H21N7OS. The number of anilines is 1. The monoisotopic (exact) mass is 419 g/mol. The van der Waals surface area contributed by atoms with Gasteiger partial charge in [-0.05, 0) is 30.6 Å². The average molecular weight is 420 g/mol. The summed E-state index contributed by atoms with van der Waals surface area (Å²) in [4.78, 5) is 24.9. The fraction of sp³-hybridized carbons (Fsp3) is 0.238. The van der Waals surface area contributed by atoms with Gasteiger partial charge in [-0.15, -0.1) is 11.3 Å². The van der Waals surface area contributed by atoms with Crippen LogP contribution in [0.3, 0.4) is 0 Å². The predicted octanol–water partition coefficient (Wildman–Crippen LogP) is 2.58. The molecule has 9 heteroatoms. The maximum atomic E-state index is 11.8. The fourth-order valence-corrected chi connectivity index (χ4v) is 4.43. The molecule has 0 saturated carbocycles. The van der Waals surface area contributed by atoms with Crippen LogP contribution in [0.4, 0.5) is 5.82 Å². The first-order valence-electron chi connectivity index (χ1n) is 9.71. The number of rotatable bonds is 5. The second-order valence-corrected chi connectivity index (χ2v) is 8.41. The summed E-state index contributed by atoms with van der Waals surface area (Å²) >= 11 is 1.71. The van der Waals surface area contributed by atoms with Crippen molar-refractivity contribution in [2.45, 2.75) is 19.5 Å². The van der Waals surface area contributed by atoms with Crippen molar-refractivity contribution in [1.82, 2.24) is 24.6 Å². The third-order valence-electron chi connectivity index (χ3n) is 5.32. The molecule has 3 aromatic heterocycles. The van der Waals surface area contributed by atoms with Crippen LogP contribution in [-0.4, -0.2) is 44.1 Å². The molecule has 0 aliphatic carbocycles. The van der Waals surface area contributed by atoms with Crippen molar-refractivity contribution in [1.29, 1.82) is 0 Å². The summed E-state index contributed by atoms with van der Waals surface area (Å²) in [6, 6.07) is 9.54. The smallest absolute Gasteiger partial charge is 0.253 e. The zero-order valence-corrected chi connectivity index (χ0v) is 17.3. The zero-order valence-electron chi connectivity index (χ0n) is 16.5. The standard InChI is InChI=1S/C21H21N7OS/c1-27-8-7-17-16(12-27)20(23-10-13-4-3-9-30-13)26-21(25-17)28-18-6-2-5-14(19(22)29)15(18)11-24-28/h2-6,9,11H,7-8,10,12H2,1H3,(H2,22,29)(H,23,25,26). The summed E-state index contributed by atoms with van der Waals surface area (Å²) in [5.41, 5.74) is 8.87. The van der Waals surface area contributed by atoms with Gasteiger partial charge in [0.05, 0.1) is 29.5 Å². The van der Waals surface area contributed by atoms with E-state index < -0.39 is 5.91 Å². The first-order chi connectivity index (χ1) is 14.6. The molecule has 0 bridgehead atoms. The van der Waals surface area contributed by atoms with Crippen LogP contribution in [0.25, 0.3) is 16.9 Å². The SMILES string of the molecule is CN1CCc2nc(-n3ncc4c(C(N)=O)cccc43)nc(NCc3cccs3)c2C1. The number of hydrogen-bond donors (Lipinski definition) is 2. The lowest BCUT2D eigenvalue weighted by Crippen LogP contribution is -2.29.